The van der Waals surface area contributed by atoms with Crippen LogP contribution >= 0.6 is 0 Å². The van der Waals surface area contributed by atoms with Crippen LogP contribution < -0.4 is 0 Å². The highest BCUT2D eigenvalue weighted by Crippen LogP contribution is 2.31. The highest BCUT2D eigenvalue weighted by atomic mass is 16.5. The molecule has 2 atom stereocenters. The molecule has 108 valence electrons. The predicted octanol–water partition coefficient (Wildman–Crippen LogP) is 2.81. The van der Waals surface area contributed by atoms with E-state index in [0.717, 1.165) is 11.3 Å². The predicted molar refractivity (Wildman–Crippen MR) is 77.7 cm³/mol. The van der Waals surface area contributed by atoms with E-state index in [4.69, 9.17) is 9.47 Å². The number of benzene rings is 1. The van der Waals surface area contributed by atoms with Crippen LogP contribution in [0.1, 0.15) is 32.8 Å². The van der Waals surface area contributed by atoms with Crippen molar-refractivity contribution in [3.63, 3.8) is 0 Å². The van der Waals surface area contributed by atoms with Gasteiger partial charge in [-0.15, -0.1) is 0 Å². The molecule has 0 radical (unpaired) electrons. The van der Waals surface area contributed by atoms with Gasteiger partial charge in [-0.05, 0) is 5.56 Å². The lowest BCUT2D eigenvalue weighted by atomic mass is 9.95. The first-order valence-electron chi connectivity index (χ1n) is 6.77. The van der Waals surface area contributed by atoms with E-state index < -0.39 is 0 Å². The smallest absolute Gasteiger partial charge is 0.308 e. The van der Waals surface area contributed by atoms with Gasteiger partial charge in [0.25, 0.3) is 0 Å². The minimum Gasteiger partial charge on any atom is -0.469 e. The van der Waals surface area contributed by atoms with Gasteiger partial charge in [-0.2, -0.15) is 0 Å². The molecule has 4 nitrogen and oxygen atoms in total. The molecule has 1 aromatic rings. The maximum atomic E-state index is 11.5. The second-order valence-electron chi connectivity index (χ2n) is 6.00. The lowest BCUT2D eigenvalue weighted by Gasteiger charge is -2.24. The van der Waals surface area contributed by atoms with Crippen molar-refractivity contribution in [2.75, 3.05) is 7.11 Å². The van der Waals surface area contributed by atoms with E-state index >= 15 is 0 Å². The Labute approximate surface area is 119 Å². The maximum Gasteiger partial charge on any atom is 0.308 e. The van der Waals surface area contributed by atoms with Gasteiger partial charge < -0.3 is 9.47 Å². The SMILES string of the molecule is COC(=O)C[C@@H]1O[C@H](C(C)(C)C)N=C1c1ccccc1. The summed E-state index contributed by atoms with van der Waals surface area (Å²) in [7, 11) is 1.39. The Morgan fingerprint density at radius 3 is 2.50 bits per heavy atom. The van der Waals surface area contributed by atoms with Gasteiger partial charge in [0, 0.05) is 5.41 Å². The lowest BCUT2D eigenvalue weighted by Crippen LogP contribution is -2.29. The van der Waals surface area contributed by atoms with Gasteiger partial charge in [-0.1, -0.05) is 51.1 Å². The molecule has 20 heavy (non-hydrogen) atoms. The molecule has 1 heterocycles. The van der Waals surface area contributed by atoms with Gasteiger partial charge in [0.15, 0.2) is 6.23 Å². The molecule has 0 saturated heterocycles. The summed E-state index contributed by atoms with van der Waals surface area (Å²) in [6, 6.07) is 9.83. The van der Waals surface area contributed by atoms with E-state index in [0.29, 0.717) is 0 Å². The summed E-state index contributed by atoms with van der Waals surface area (Å²) in [6.07, 6.45) is -0.391. The van der Waals surface area contributed by atoms with Crippen LogP contribution in [0.15, 0.2) is 35.3 Å². The monoisotopic (exact) mass is 275 g/mol. The van der Waals surface area contributed by atoms with Crippen LogP contribution in [0, 0.1) is 5.41 Å². The number of esters is 1. The van der Waals surface area contributed by atoms with Crippen molar-refractivity contribution in [2.24, 2.45) is 10.4 Å². The number of ether oxygens (including phenoxy) is 2. The summed E-state index contributed by atoms with van der Waals surface area (Å²) in [5.41, 5.74) is 1.72. The molecule has 1 aliphatic rings. The van der Waals surface area contributed by atoms with Crippen molar-refractivity contribution in [3.05, 3.63) is 35.9 Å². The third-order valence-corrected chi connectivity index (χ3v) is 3.24. The Morgan fingerprint density at radius 2 is 1.95 bits per heavy atom. The molecule has 0 N–H and O–H groups in total. The molecule has 0 fully saturated rings. The third-order valence-electron chi connectivity index (χ3n) is 3.24. The molecule has 1 aliphatic heterocycles. The normalized spacial score (nSPS) is 22.5. The van der Waals surface area contributed by atoms with E-state index in [2.05, 4.69) is 25.8 Å². The second kappa shape index (κ2) is 5.75. The number of carbonyl (C=O) groups excluding carboxylic acids is 1. The second-order valence-corrected chi connectivity index (χ2v) is 6.00. The zero-order chi connectivity index (χ0) is 14.8. The molecule has 0 aliphatic carbocycles. The van der Waals surface area contributed by atoms with Gasteiger partial charge in [0.1, 0.15) is 6.10 Å². The zero-order valence-electron chi connectivity index (χ0n) is 12.4. The van der Waals surface area contributed by atoms with Gasteiger partial charge in [-0.25, -0.2) is 0 Å². The fourth-order valence-electron chi connectivity index (χ4n) is 2.11. The molecule has 0 aromatic heterocycles. The average Bonchev–Trinajstić information content (AvgIpc) is 2.83. The fraction of sp³-hybridized carbons (Fsp3) is 0.500. The van der Waals surface area contributed by atoms with Crippen molar-refractivity contribution < 1.29 is 14.3 Å². The highest BCUT2D eigenvalue weighted by Gasteiger charge is 2.37. The minimum atomic E-state index is -0.339. The highest BCUT2D eigenvalue weighted by molar-refractivity contribution is 6.06. The molecule has 0 spiro atoms. The largest absolute Gasteiger partial charge is 0.469 e. The number of rotatable bonds is 3. The Kier molecular flexibility index (Phi) is 4.23. The Hall–Kier alpha value is -1.68. The molecule has 1 aromatic carbocycles. The van der Waals surface area contributed by atoms with Crippen LogP contribution in [0.2, 0.25) is 0 Å². The third kappa shape index (κ3) is 3.25. The first-order valence-corrected chi connectivity index (χ1v) is 6.77. The molecule has 2 rings (SSSR count). The van der Waals surface area contributed by atoms with Crippen LogP contribution in [0.3, 0.4) is 0 Å². The topological polar surface area (TPSA) is 47.9 Å². The number of hydrogen-bond donors (Lipinski definition) is 0. The zero-order valence-corrected chi connectivity index (χ0v) is 12.4. The number of nitrogens with zero attached hydrogens (tertiary/aromatic N) is 1. The van der Waals surface area contributed by atoms with Gasteiger partial charge in [0.2, 0.25) is 0 Å². The standard InChI is InChI=1S/C16H21NO3/c1-16(2,3)15-17-14(11-8-6-5-7-9-11)12(20-15)10-13(18)19-4/h5-9,12,15H,10H2,1-4H3/t12-,15+/m0/s1. The Bertz CT molecular complexity index is 502. The average molecular weight is 275 g/mol. The number of aliphatic imine (C=N–C) groups is 1. The summed E-state index contributed by atoms with van der Waals surface area (Å²) in [5, 5.41) is 0. The van der Waals surface area contributed by atoms with E-state index in [1.807, 2.05) is 30.3 Å². The number of carbonyl (C=O) groups is 1. The van der Waals surface area contributed by atoms with Crippen molar-refractivity contribution in [1.82, 2.24) is 0 Å². The number of methoxy groups -OCH3 is 1. The van der Waals surface area contributed by atoms with Crippen molar-refractivity contribution in [2.45, 2.75) is 39.5 Å². The van der Waals surface area contributed by atoms with E-state index in [9.17, 15) is 4.79 Å². The summed E-state index contributed by atoms with van der Waals surface area (Å²) in [5.74, 6) is -0.284. The van der Waals surface area contributed by atoms with Crippen LogP contribution in [0.4, 0.5) is 0 Å². The van der Waals surface area contributed by atoms with E-state index in [1.54, 1.807) is 0 Å². The summed E-state index contributed by atoms with van der Waals surface area (Å²) >= 11 is 0. The summed E-state index contributed by atoms with van der Waals surface area (Å²) in [6.45, 7) is 6.22. The van der Waals surface area contributed by atoms with Crippen molar-refractivity contribution >= 4 is 11.7 Å². The molecule has 4 heteroatoms. The minimum absolute atomic E-state index is 0.106. The molecule has 0 saturated carbocycles. The van der Waals surface area contributed by atoms with E-state index in [-0.39, 0.29) is 30.1 Å². The Morgan fingerprint density at radius 1 is 1.30 bits per heavy atom. The van der Waals surface area contributed by atoms with Gasteiger partial charge >= 0.3 is 5.97 Å². The van der Waals surface area contributed by atoms with Crippen molar-refractivity contribution in [1.29, 1.82) is 0 Å². The van der Waals surface area contributed by atoms with Crippen molar-refractivity contribution in [3.8, 4) is 0 Å². The van der Waals surface area contributed by atoms with Gasteiger partial charge in [-0.3, -0.25) is 9.79 Å². The quantitative estimate of drug-likeness (QED) is 0.797. The summed E-state index contributed by atoms with van der Waals surface area (Å²) < 4.78 is 10.7. The molecular formula is C16H21NO3. The maximum absolute atomic E-state index is 11.5. The molecular weight excluding hydrogens is 254 g/mol. The summed E-state index contributed by atoms with van der Waals surface area (Å²) in [4.78, 5) is 16.2. The van der Waals surface area contributed by atoms with E-state index in [1.165, 1.54) is 7.11 Å². The molecule has 0 amide bonds. The van der Waals surface area contributed by atoms with Crippen LogP contribution in [-0.2, 0) is 14.3 Å². The number of hydrogen-bond acceptors (Lipinski definition) is 4. The van der Waals surface area contributed by atoms with Crippen LogP contribution in [0.5, 0.6) is 0 Å². The van der Waals surface area contributed by atoms with Crippen LogP contribution in [0.25, 0.3) is 0 Å². The first-order chi connectivity index (χ1) is 9.41. The van der Waals surface area contributed by atoms with Gasteiger partial charge in [0.05, 0.1) is 19.2 Å². The molecule has 0 bridgehead atoms. The fourth-order valence-corrected chi connectivity index (χ4v) is 2.11. The lowest BCUT2D eigenvalue weighted by molar-refractivity contribution is -0.143. The first kappa shape index (κ1) is 14.7. The Balaban J connectivity index is 2.28. The molecule has 0 unspecified atom stereocenters. The van der Waals surface area contributed by atoms with Crippen LogP contribution in [-0.4, -0.2) is 31.1 Å².